The Bertz CT molecular complexity index is 83.7. The van der Waals surface area contributed by atoms with Crippen molar-refractivity contribution in [3.63, 3.8) is 0 Å². The molecular weight excluding hydrogens is 212 g/mol. The fourth-order valence-corrected chi connectivity index (χ4v) is 1.52. The largest absolute Gasteiger partial charge is 0.336 e. The van der Waals surface area contributed by atoms with Gasteiger partial charge in [-0.15, -0.1) is 0 Å². The molecule has 1 aliphatic heterocycles. The first kappa shape index (κ1) is 10.5. The van der Waals surface area contributed by atoms with Gasteiger partial charge >= 0.3 is 0 Å². The average molecular weight is 225 g/mol. The van der Waals surface area contributed by atoms with Gasteiger partial charge in [0.05, 0.1) is 13.2 Å². The van der Waals surface area contributed by atoms with E-state index in [-0.39, 0.29) is 48.6 Å². The molecule has 1 heterocycles. The van der Waals surface area contributed by atoms with Crippen LogP contribution in [0.1, 0.15) is 15.3 Å². The minimum Gasteiger partial charge on any atom is -0.336 e. The van der Waals surface area contributed by atoms with E-state index in [2.05, 4.69) is 13.8 Å². The molecule has 0 N–H and O–H groups in total. The molecule has 9 heavy (non-hydrogen) atoms. The molecule has 1 rings (SSSR count). The summed E-state index contributed by atoms with van der Waals surface area (Å²) in [7, 11) is 0.268. The van der Waals surface area contributed by atoms with Crippen molar-refractivity contribution in [2.24, 2.45) is 5.41 Å². The summed E-state index contributed by atoms with van der Waals surface area (Å²) in [4.78, 5) is 0. The van der Waals surface area contributed by atoms with Crippen molar-refractivity contribution in [1.29, 1.82) is 0 Å². The summed E-state index contributed by atoms with van der Waals surface area (Å²) in [5, 5.41) is 0. The van der Waals surface area contributed by atoms with Crippen LogP contribution in [0.5, 0.6) is 0 Å². The molecule has 1 saturated heterocycles. The first-order valence-corrected chi connectivity index (χ1v) is 3.51. The van der Waals surface area contributed by atoms with E-state index < -0.39 is 0 Å². The smallest absolute Gasteiger partial charge is 0.155 e. The van der Waals surface area contributed by atoms with Gasteiger partial charge in [-0.2, -0.15) is 0 Å². The van der Waals surface area contributed by atoms with Crippen molar-refractivity contribution in [1.82, 2.24) is 0 Å². The molecule has 1 radical (unpaired) electrons. The van der Waals surface area contributed by atoms with Crippen LogP contribution in [0.25, 0.3) is 0 Å². The van der Waals surface area contributed by atoms with Gasteiger partial charge in [-0.25, -0.2) is 0 Å². The Kier molecular flexibility index (Phi) is 5.06. The molecule has 0 spiro atoms. The number of rotatable bonds is 0. The minimum absolute atomic E-state index is 0. The zero-order valence-corrected chi connectivity index (χ0v) is 9.65. The molecule has 0 bridgehead atoms. The third kappa shape index (κ3) is 4.00. The van der Waals surface area contributed by atoms with Crippen LogP contribution >= 0.6 is 9.03 Å². The molecular formula is C5H13O2PY. The third-order valence-corrected chi connectivity index (χ3v) is 1.57. The van der Waals surface area contributed by atoms with E-state index in [9.17, 15) is 0 Å². The molecule has 0 atom stereocenters. The zero-order chi connectivity index (χ0) is 6.04. The van der Waals surface area contributed by atoms with Crippen LogP contribution in [0.3, 0.4) is 0 Å². The number of hydrogen-bond donors (Lipinski definition) is 0. The summed E-state index contributed by atoms with van der Waals surface area (Å²) in [5.41, 5.74) is 0.241. The summed E-state index contributed by atoms with van der Waals surface area (Å²) >= 11 is 0. The summed E-state index contributed by atoms with van der Waals surface area (Å²) in [6, 6.07) is 0. The van der Waals surface area contributed by atoms with Crippen LogP contribution in [0.2, 0.25) is 0 Å². The maximum absolute atomic E-state index is 5.09. The summed E-state index contributed by atoms with van der Waals surface area (Å²) in [6.07, 6.45) is 0. The molecule has 1 aliphatic rings. The van der Waals surface area contributed by atoms with Crippen molar-refractivity contribution >= 4 is 9.03 Å². The Hall–Kier alpha value is 1.45. The van der Waals surface area contributed by atoms with Crippen LogP contribution in [0, 0.1) is 5.41 Å². The predicted octanol–water partition coefficient (Wildman–Crippen LogP) is 1.81. The van der Waals surface area contributed by atoms with Crippen molar-refractivity contribution < 1.29 is 43.2 Å². The van der Waals surface area contributed by atoms with E-state index in [1.54, 1.807) is 0 Å². The molecule has 0 saturated carbocycles. The van der Waals surface area contributed by atoms with Gasteiger partial charge in [0.25, 0.3) is 0 Å². The Morgan fingerprint density at radius 1 is 1.33 bits per heavy atom. The molecule has 1 fully saturated rings. The Balaban J connectivity index is 0. The second-order valence-electron chi connectivity index (χ2n) is 2.82. The maximum atomic E-state index is 5.09. The van der Waals surface area contributed by atoms with Crippen molar-refractivity contribution in [3.8, 4) is 0 Å². The molecule has 0 amide bonds. The molecule has 0 unspecified atom stereocenters. The van der Waals surface area contributed by atoms with Gasteiger partial charge in [-0.1, -0.05) is 13.8 Å². The van der Waals surface area contributed by atoms with Crippen molar-refractivity contribution in [2.45, 2.75) is 13.8 Å². The van der Waals surface area contributed by atoms with Crippen LogP contribution in [-0.4, -0.2) is 13.2 Å². The van der Waals surface area contributed by atoms with Gasteiger partial charge in [-0.3, -0.25) is 0 Å². The topological polar surface area (TPSA) is 18.5 Å². The monoisotopic (exact) mass is 225 g/mol. The van der Waals surface area contributed by atoms with Crippen LogP contribution in [0.15, 0.2) is 0 Å². The predicted molar refractivity (Wildman–Crippen MR) is 36.1 cm³/mol. The van der Waals surface area contributed by atoms with Crippen LogP contribution in [-0.2, 0) is 41.8 Å². The molecule has 0 aromatic carbocycles. The van der Waals surface area contributed by atoms with Crippen LogP contribution in [0.4, 0.5) is 0 Å². The summed E-state index contributed by atoms with van der Waals surface area (Å²) in [5.74, 6) is 0. The van der Waals surface area contributed by atoms with E-state index in [0.29, 0.717) is 0 Å². The van der Waals surface area contributed by atoms with E-state index >= 15 is 0 Å². The second-order valence-corrected chi connectivity index (χ2v) is 3.57. The number of hydrogen-bond acceptors (Lipinski definition) is 2. The first-order valence-electron chi connectivity index (χ1n) is 2.69. The molecule has 0 aromatic rings. The van der Waals surface area contributed by atoms with Crippen LogP contribution < -0.4 is 0 Å². The van der Waals surface area contributed by atoms with E-state index in [1.165, 1.54) is 0 Å². The summed E-state index contributed by atoms with van der Waals surface area (Å²) in [6.45, 7) is 5.95. The molecule has 2 nitrogen and oxygen atoms in total. The van der Waals surface area contributed by atoms with Gasteiger partial charge in [0.15, 0.2) is 9.03 Å². The van der Waals surface area contributed by atoms with E-state index in [4.69, 9.17) is 9.05 Å². The normalized spacial score (nSPS) is 24.7. The molecule has 0 aromatic heterocycles. The van der Waals surface area contributed by atoms with Gasteiger partial charge < -0.3 is 9.05 Å². The SMILES string of the molecule is CC1(C)COPOC1.[HH].[Y]. The fourth-order valence-electron chi connectivity index (χ4n) is 0.533. The molecule has 0 aliphatic carbocycles. The second kappa shape index (κ2) is 4.36. The summed E-state index contributed by atoms with van der Waals surface area (Å²) < 4.78 is 10.2. The standard InChI is InChI=1S/C5H11O2P.Y.H2/c1-5(2)3-6-8-7-4-5;;/h8H,3-4H2,1-2H3;;1H. The van der Waals surface area contributed by atoms with E-state index in [1.807, 2.05) is 0 Å². The molecule has 53 valence electrons. The Morgan fingerprint density at radius 3 is 2.00 bits per heavy atom. The average Bonchev–Trinajstić information content (AvgIpc) is 1.65. The Labute approximate surface area is 84.4 Å². The zero-order valence-electron chi connectivity index (χ0n) is 5.81. The maximum Gasteiger partial charge on any atom is 0.155 e. The quantitative estimate of drug-likeness (QED) is 0.585. The first-order chi connectivity index (χ1) is 3.71. The molecule has 4 heteroatoms. The van der Waals surface area contributed by atoms with E-state index in [0.717, 1.165) is 13.2 Å². The third-order valence-electron chi connectivity index (χ3n) is 1.04. The van der Waals surface area contributed by atoms with Gasteiger partial charge in [0.2, 0.25) is 0 Å². The minimum atomic E-state index is 0. The fraction of sp³-hybridized carbons (Fsp3) is 1.00. The van der Waals surface area contributed by atoms with Gasteiger partial charge in [0, 0.05) is 39.6 Å². The Morgan fingerprint density at radius 2 is 1.78 bits per heavy atom. The van der Waals surface area contributed by atoms with Crippen molar-refractivity contribution in [3.05, 3.63) is 0 Å². The van der Waals surface area contributed by atoms with Crippen molar-refractivity contribution in [2.75, 3.05) is 13.2 Å². The van der Waals surface area contributed by atoms with Gasteiger partial charge in [-0.05, 0) is 0 Å². The van der Waals surface area contributed by atoms with Gasteiger partial charge in [0.1, 0.15) is 0 Å².